The highest BCUT2D eigenvalue weighted by Gasteiger charge is 2.01. The highest BCUT2D eigenvalue weighted by atomic mass is 16.1. The van der Waals surface area contributed by atoms with Crippen molar-refractivity contribution in [1.82, 2.24) is 15.0 Å². The summed E-state index contributed by atoms with van der Waals surface area (Å²) in [6, 6.07) is 7.21. The van der Waals surface area contributed by atoms with Crippen molar-refractivity contribution in [3.05, 3.63) is 34.6 Å². The van der Waals surface area contributed by atoms with Gasteiger partial charge in [0, 0.05) is 6.54 Å². The number of hydrogen-bond acceptors (Lipinski definition) is 3. The van der Waals surface area contributed by atoms with E-state index in [1.54, 1.807) is 12.1 Å². The van der Waals surface area contributed by atoms with Crippen LogP contribution in [0.2, 0.25) is 0 Å². The first-order chi connectivity index (χ1) is 6.33. The van der Waals surface area contributed by atoms with Crippen LogP contribution in [0.4, 0.5) is 0 Å². The van der Waals surface area contributed by atoms with Gasteiger partial charge >= 0.3 is 0 Å². The summed E-state index contributed by atoms with van der Waals surface area (Å²) >= 11 is 0. The van der Waals surface area contributed by atoms with E-state index in [4.69, 9.17) is 0 Å². The summed E-state index contributed by atoms with van der Waals surface area (Å²) < 4.78 is 1.35. The SMILES string of the molecule is CCn1nnc2ccccc2c1=O. The Labute approximate surface area is 74.8 Å². The van der Waals surface area contributed by atoms with Gasteiger partial charge in [-0.25, -0.2) is 4.68 Å². The Morgan fingerprint density at radius 2 is 2.15 bits per heavy atom. The van der Waals surface area contributed by atoms with E-state index < -0.39 is 0 Å². The van der Waals surface area contributed by atoms with Gasteiger partial charge in [0.05, 0.1) is 5.39 Å². The molecule has 0 aliphatic rings. The second-order valence-corrected chi connectivity index (χ2v) is 2.73. The molecule has 2 aromatic rings. The lowest BCUT2D eigenvalue weighted by Gasteiger charge is -1.99. The van der Waals surface area contributed by atoms with E-state index in [1.165, 1.54) is 4.68 Å². The largest absolute Gasteiger partial charge is 0.277 e. The van der Waals surface area contributed by atoms with Gasteiger partial charge in [-0.1, -0.05) is 17.3 Å². The van der Waals surface area contributed by atoms with Gasteiger partial charge in [-0.05, 0) is 19.1 Å². The number of aromatic nitrogens is 3. The van der Waals surface area contributed by atoms with Crippen LogP contribution < -0.4 is 5.56 Å². The fourth-order valence-electron chi connectivity index (χ4n) is 1.23. The van der Waals surface area contributed by atoms with Gasteiger partial charge in [0.15, 0.2) is 0 Å². The predicted molar refractivity (Wildman–Crippen MR) is 49.5 cm³/mol. The van der Waals surface area contributed by atoms with E-state index in [-0.39, 0.29) is 5.56 Å². The summed E-state index contributed by atoms with van der Waals surface area (Å²) in [5.41, 5.74) is 0.574. The van der Waals surface area contributed by atoms with E-state index in [0.717, 1.165) is 0 Å². The smallest absolute Gasteiger partial charge is 0.267 e. The Hall–Kier alpha value is -1.71. The molecule has 0 spiro atoms. The number of aryl methyl sites for hydroxylation is 1. The minimum atomic E-state index is -0.0758. The van der Waals surface area contributed by atoms with E-state index in [0.29, 0.717) is 17.4 Å². The fourth-order valence-corrected chi connectivity index (χ4v) is 1.23. The average molecular weight is 175 g/mol. The standard InChI is InChI=1S/C9H9N3O/c1-2-12-9(13)7-5-3-4-6-8(7)10-11-12/h3-6H,2H2,1H3. The monoisotopic (exact) mass is 175 g/mol. The van der Waals surface area contributed by atoms with Crippen LogP contribution in [0.5, 0.6) is 0 Å². The maximum Gasteiger partial charge on any atom is 0.277 e. The molecule has 1 heterocycles. The van der Waals surface area contributed by atoms with Crippen LogP contribution in [-0.4, -0.2) is 15.0 Å². The minimum Gasteiger partial charge on any atom is -0.267 e. The van der Waals surface area contributed by atoms with Crippen molar-refractivity contribution in [3.63, 3.8) is 0 Å². The first-order valence-corrected chi connectivity index (χ1v) is 4.15. The van der Waals surface area contributed by atoms with E-state index >= 15 is 0 Å². The number of rotatable bonds is 1. The molecule has 4 nitrogen and oxygen atoms in total. The van der Waals surface area contributed by atoms with Crippen molar-refractivity contribution in [2.45, 2.75) is 13.5 Å². The second kappa shape index (κ2) is 2.97. The summed E-state index contributed by atoms with van der Waals surface area (Å²) in [7, 11) is 0. The van der Waals surface area contributed by atoms with Crippen molar-refractivity contribution in [2.24, 2.45) is 0 Å². The lowest BCUT2D eigenvalue weighted by atomic mass is 10.2. The van der Waals surface area contributed by atoms with Gasteiger partial charge in [0.2, 0.25) is 0 Å². The van der Waals surface area contributed by atoms with Gasteiger partial charge < -0.3 is 0 Å². The quantitative estimate of drug-likeness (QED) is 0.644. The van der Waals surface area contributed by atoms with Gasteiger partial charge in [-0.15, -0.1) is 5.10 Å². The molecule has 0 atom stereocenters. The lowest BCUT2D eigenvalue weighted by Crippen LogP contribution is -2.23. The van der Waals surface area contributed by atoms with Gasteiger partial charge in [0.1, 0.15) is 5.52 Å². The molecule has 0 bridgehead atoms. The molecule has 2 rings (SSSR count). The number of nitrogens with zero attached hydrogens (tertiary/aromatic N) is 3. The first-order valence-electron chi connectivity index (χ1n) is 4.15. The van der Waals surface area contributed by atoms with Crippen LogP contribution in [-0.2, 0) is 6.54 Å². The van der Waals surface area contributed by atoms with Gasteiger partial charge in [-0.3, -0.25) is 4.79 Å². The first kappa shape index (κ1) is 7.91. The highest BCUT2D eigenvalue weighted by Crippen LogP contribution is 2.02. The maximum absolute atomic E-state index is 11.6. The summed E-state index contributed by atoms with van der Waals surface area (Å²) in [6.45, 7) is 2.42. The lowest BCUT2D eigenvalue weighted by molar-refractivity contribution is 0.581. The van der Waals surface area contributed by atoms with Gasteiger partial charge in [0.25, 0.3) is 5.56 Å². The molecule has 0 fully saturated rings. The average Bonchev–Trinajstić information content (AvgIpc) is 2.19. The normalized spacial score (nSPS) is 10.5. The summed E-state index contributed by atoms with van der Waals surface area (Å²) in [6.07, 6.45) is 0. The van der Waals surface area contributed by atoms with Crippen molar-refractivity contribution in [1.29, 1.82) is 0 Å². The van der Waals surface area contributed by atoms with E-state index in [9.17, 15) is 4.79 Å². The highest BCUT2D eigenvalue weighted by molar-refractivity contribution is 5.76. The number of hydrogen-bond donors (Lipinski definition) is 0. The Morgan fingerprint density at radius 1 is 1.38 bits per heavy atom. The molecule has 1 aromatic heterocycles. The van der Waals surface area contributed by atoms with Crippen LogP contribution in [0, 0.1) is 0 Å². The Kier molecular flexibility index (Phi) is 1.81. The van der Waals surface area contributed by atoms with E-state index in [1.807, 2.05) is 19.1 Å². The maximum atomic E-state index is 11.6. The van der Waals surface area contributed by atoms with Crippen molar-refractivity contribution in [2.75, 3.05) is 0 Å². The molecule has 0 radical (unpaired) electrons. The Morgan fingerprint density at radius 3 is 2.92 bits per heavy atom. The molecule has 0 aliphatic carbocycles. The Bertz CT molecular complexity index is 489. The molecule has 66 valence electrons. The zero-order valence-electron chi connectivity index (χ0n) is 7.27. The van der Waals surface area contributed by atoms with E-state index in [2.05, 4.69) is 10.3 Å². The van der Waals surface area contributed by atoms with Gasteiger partial charge in [-0.2, -0.15) is 0 Å². The topological polar surface area (TPSA) is 47.8 Å². The zero-order valence-corrected chi connectivity index (χ0v) is 7.27. The van der Waals surface area contributed by atoms with Crippen LogP contribution >= 0.6 is 0 Å². The third-order valence-corrected chi connectivity index (χ3v) is 1.93. The summed E-state index contributed by atoms with van der Waals surface area (Å²) in [5.74, 6) is 0. The molecule has 0 aliphatic heterocycles. The third-order valence-electron chi connectivity index (χ3n) is 1.93. The molecular formula is C9H9N3O. The molecule has 4 heteroatoms. The molecule has 13 heavy (non-hydrogen) atoms. The van der Waals surface area contributed by atoms with Crippen LogP contribution in [0.15, 0.2) is 29.1 Å². The van der Waals surface area contributed by atoms with Crippen molar-refractivity contribution >= 4 is 10.9 Å². The molecule has 0 N–H and O–H groups in total. The van der Waals surface area contributed by atoms with Crippen LogP contribution in [0.3, 0.4) is 0 Å². The summed E-state index contributed by atoms with van der Waals surface area (Å²) in [4.78, 5) is 11.6. The second-order valence-electron chi connectivity index (χ2n) is 2.73. The fraction of sp³-hybridized carbons (Fsp3) is 0.222. The minimum absolute atomic E-state index is 0.0758. The third kappa shape index (κ3) is 1.20. The van der Waals surface area contributed by atoms with Crippen molar-refractivity contribution in [3.8, 4) is 0 Å². The van der Waals surface area contributed by atoms with Crippen LogP contribution in [0.1, 0.15) is 6.92 Å². The molecule has 1 aromatic carbocycles. The molecule has 0 amide bonds. The number of fused-ring (bicyclic) bond motifs is 1. The van der Waals surface area contributed by atoms with Crippen molar-refractivity contribution < 1.29 is 0 Å². The molecule has 0 saturated heterocycles. The predicted octanol–water partition coefficient (Wildman–Crippen LogP) is 0.811. The Balaban J connectivity index is 2.87. The number of benzene rings is 1. The molecule has 0 saturated carbocycles. The molecule has 0 unspecified atom stereocenters. The molecular weight excluding hydrogens is 166 g/mol. The zero-order chi connectivity index (χ0) is 9.26. The summed E-state index contributed by atoms with van der Waals surface area (Å²) in [5, 5.41) is 8.33. The van der Waals surface area contributed by atoms with Crippen LogP contribution in [0.25, 0.3) is 10.9 Å².